The van der Waals surface area contributed by atoms with E-state index in [0.717, 1.165) is 17.9 Å². The summed E-state index contributed by atoms with van der Waals surface area (Å²) in [5.41, 5.74) is -1.47. The van der Waals surface area contributed by atoms with E-state index in [0.29, 0.717) is 12.6 Å². The lowest BCUT2D eigenvalue weighted by molar-refractivity contribution is -0.384. The molecule has 8 heteroatoms. The molecule has 0 bridgehead atoms. The summed E-state index contributed by atoms with van der Waals surface area (Å²) in [5.74, 6) is 1.12. The number of alkyl halides is 3. The van der Waals surface area contributed by atoms with Crippen molar-refractivity contribution in [1.82, 2.24) is 0 Å². The van der Waals surface area contributed by atoms with Gasteiger partial charge in [0.15, 0.2) is 0 Å². The van der Waals surface area contributed by atoms with Crippen LogP contribution in [0.15, 0.2) is 18.2 Å². The van der Waals surface area contributed by atoms with Crippen molar-refractivity contribution >= 4 is 23.1 Å². The molecule has 0 aromatic heterocycles. The molecule has 0 aliphatic heterocycles. The maximum absolute atomic E-state index is 12.5. The summed E-state index contributed by atoms with van der Waals surface area (Å²) in [6.07, 6.45) is -2.65. The van der Waals surface area contributed by atoms with Gasteiger partial charge in [-0.25, -0.2) is 0 Å². The molecule has 112 valence electrons. The van der Waals surface area contributed by atoms with Gasteiger partial charge in [-0.3, -0.25) is 10.1 Å². The van der Waals surface area contributed by atoms with Crippen molar-refractivity contribution in [2.24, 2.45) is 5.92 Å². The molecule has 0 spiro atoms. The van der Waals surface area contributed by atoms with Gasteiger partial charge in [0.1, 0.15) is 5.69 Å². The summed E-state index contributed by atoms with van der Waals surface area (Å²) in [5, 5.41) is 13.7. The number of nitrogens with one attached hydrogen (secondary N) is 1. The van der Waals surface area contributed by atoms with Gasteiger partial charge in [0.05, 0.1) is 10.5 Å². The van der Waals surface area contributed by atoms with E-state index in [1.54, 1.807) is 11.8 Å². The van der Waals surface area contributed by atoms with Crippen molar-refractivity contribution in [1.29, 1.82) is 0 Å². The molecular formula is C12H15F3N2O2S. The van der Waals surface area contributed by atoms with Crippen LogP contribution in [0.2, 0.25) is 0 Å². The summed E-state index contributed by atoms with van der Waals surface area (Å²) in [6.45, 7) is 2.42. The molecule has 0 aliphatic carbocycles. The zero-order chi connectivity index (χ0) is 15.3. The first-order valence-electron chi connectivity index (χ1n) is 5.84. The second-order valence-corrected chi connectivity index (χ2v) is 5.34. The Labute approximate surface area is 118 Å². The number of benzene rings is 1. The fourth-order valence-electron chi connectivity index (χ4n) is 1.64. The minimum Gasteiger partial charge on any atom is -0.379 e. The normalized spacial score (nSPS) is 13.1. The van der Waals surface area contributed by atoms with Crippen molar-refractivity contribution in [3.05, 3.63) is 33.9 Å². The zero-order valence-electron chi connectivity index (χ0n) is 11.0. The summed E-state index contributed by atoms with van der Waals surface area (Å²) >= 11 is 1.64. The number of nitrogens with zero attached hydrogens (tertiary/aromatic N) is 1. The third-order valence-electron chi connectivity index (χ3n) is 2.61. The molecule has 1 N–H and O–H groups in total. The molecule has 1 unspecified atom stereocenters. The zero-order valence-corrected chi connectivity index (χ0v) is 11.8. The van der Waals surface area contributed by atoms with Crippen LogP contribution in [0, 0.1) is 16.0 Å². The molecule has 4 nitrogen and oxygen atoms in total. The molecular weight excluding hydrogens is 293 g/mol. The smallest absolute Gasteiger partial charge is 0.379 e. The van der Waals surface area contributed by atoms with Crippen LogP contribution in [0.1, 0.15) is 12.5 Å². The van der Waals surface area contributed by atoms with Crippen LogP contribution in [0.25, 0.3) is 0 Å². The molecule has 0 saturated heterocycles. The van der Waals surface area contributed by atoms with Crippen molar-refractivity contribution < 1.29 is 18.1 Å². The Morgan fingerprint density at radius 2 is 2.10 bits per heavy atom. The van der Waals surface area contributed by atoms with Crippen LogP contribution in [0.5, 0.6) is 0 Å². The topological polar surface area (TPSA) is 55.2 Å². The van der Waals surface area contributed by atoms with Crippen molar-refractivity contribution in [2.75, 3.05) is 23.9 Å². The fourth-order valence-corrected chi connectivity index (χ4v) is 2.32. The summed E-state index contributed by atoms with van der Waals surface area (Å²) in [4.78, 5) is 10.1. The number of anilines is 1. The van der Waals surface area contributed by atoms with Crippen LogP contribution < -0.4 is 5.32 Å². The van der Waals surface area contributed by atoms with Crippen LogP contribution in [-0.4, -0.2) is 23.5 Å². The van der Waals surface area contributed by atoms with E-state index >= 15 is 0 Å². The summed E-state index contributed by atoms with van der Waals surface area (Å²) in [6, 6.07) is 2.50. The Morgan fingerprint density at radius 3 is 2.60 bits per heavy atom. The lowest BCUT2D eigenvalue weighted by atomic mass is 10.1. The van der Waals surface area contributed by atoms with Crippen molar-refractivity contribution in [2.45, 2.75) is 13.1 Å². The molecule has 1 aromatic carbocycles. The molecule has 1 aromatic rings. The first kappa shape index (κ1) is 16.6. The van der Waals surface area contributed by atoms with E-state index in [4.69, 9.17) is 0 Å². The minimum atomic E-state index is -4.59. The third-order valence-corrected chi connectivity index (χ3v) is 3.52. The summed E-state index contributed by atoms with van der Waals surface area (Å²) in [7, 11) is 0. The van der Waals surface area contributed by atoms with E-state index in [-0.39, 0.29) is 11.6 Å². The molecule has 0 radical (unpaired) electrons. The lowest BCUT2D eigenvalue weighted by Gasteiger charge is -2.13. The van der Waals surface area contributed by atoms with E-state index in [1.807, 2.05) is 13.2 Å². The highest BCUT2D eigenvalue weighted by atomic mass is 32.2. The Balaban J connectivity index is 2.94. The fraction of sp³-hybridized carbons (Fsp3) is 0.500. The van der Waals surface area contributed by atoms with Crippen LogP contribution in [-0.2, 0) is 6.18 Å². The third kappa shape index (κ3) is 4.59. The second-order valence-electron chi connectivity index (χ2n) is 4.43. The molecule has 20 heavy (non-hydrogen) atoms. The van der Waals surface area contributed by atoms with Gasteiger partial charge >= 0.3 is 6.18 Å². The number of thioether (sulfide) groups is 1. The maximum atomic E-state index is 12.5. The van der Waals surface area contributed by atoms with Crippen molar-refractivity contribution in [3.8, 4) is 0 Å². The lowest BCUT2D eigenvalue weighted by Crippen LogP contribution is -2.14. The van der Waals surface area contributed by atoms with Crippen molar-refractivity contribution in [3.63, 3.8) is 0 Å². The number of nitro groups is 1. The van der Waals surface area contributed by atoms with Gasteiger partial charge in [0.25, 0.3) is 5.69 Å². The predicted molar refractivity (Wildman–Crippen MR) is 74.1 cm³/mol. The van der Waals surface area contributed by atoms with Crippen LogP contribution in [0.3, 0.4) is 0 Å². The number of rotatable bonds is 6. The first-order chi connectivity index (χ1) is 9.25. The average molecular weight is 308 g/mol. The number of halogens is 3. The number of nitro benzene ring substituents is 1. The Hall–Kier alpha value is -1.44. The highest BCUT2D eigenvalue weighted by Gasteiger charge is 2.33. The van der Waals surface area contributed by atoms with Gasteiger partial charge in [-0.1, -0.05) is 6.92 Å². The molecule has 0 saturated carbocycles. The second kappa shape index (κ2) is 6.83. The van der Waals surface area contributed by atoms with E-state index < -0.39 is 22.4 Å². The molecule has 0 heterocycles. The van der Waals surface area contributed by atoms with Gasteiger partial charge < -0.3 is 5.32 Å². The first-order valence-corrected chi connectivity index (χ1v) is 7.23. The molecule has 1 rings (SSSR count). The quantitative estimate of drug-likeness (QED) is 0.637. The monoisotopic (exact) mass is 308 g/mol. The van der Waals surface area contributed by atoms with Crippen LogP contribution >= 0.6 is 11.8 Å². The standard InChI is InChI=1S/C12H15F3N2O2S/c1-8(7-20-2)6-16-10-4-3-9(12(13,14)15)5-11(10)17(18)19/h3-5,8,16H,6-7H2,1-2H3. The molecule has 0 amide bonds. The van der Waals surface area contributed by atoms with E-state index in [1.165, 1.54) is 0 Å². The maximum Gasteiger partial charge on any atom is 0.416 e. The van der Waals surface area contributed by atoms with E-state index in [2.05, 4.69) is 5.32 Å². The van der Waals surface area contributed by atoms with Crippen LogP contribution in [0.4, 0.5) is 24.5 Å². The Morgan fingerprint density at radius 1 is 1.45 bits per heavy atom. The van der Waals surface area contributed by atoms with Gasteiger partial charge in [-0.15, -0.1) is 0 Å². The largest absolute Gasteiger partial charge is 0.416 e. The summed E-state index contributed by atoms with van der Waals surface area (Å²) < 4.78 is 37.6. The SMILES string of the molecule is CSCC(C)CNc1ccc(C(F)(F)F)cc1[N+](=O)[O-]. The molecule has 1 atom stereocenters. The van der Waals surface area contributed by atoms with Gasteiger partial charge in [0.2, 0.25) is 0 Å². The molecule has 0 aliphatic rings. The number of hydrogen-bond acceptors (Lipinski definition) is 4. The molecule has 0 fully saturated rings. The van der Waals surface area contributed by atoms with Gasteiger partial charge in [-0.05, 0) is 30.1 Å². The highest BCUT2D eigenvalue weighted by Crippen LogP contribution is 2.35. The minimum absolute atomic E-state index is 0.107. The average Bonchev–Trinajstić information content (AvgIpc) is 2.35. The Bertz CT molecular complexity index is 480. The number of hydrogen-bond donors (Lipinski definition) is 1. The van der Waals surface area contributed by atoms with E-state index in [9.17, 15) is 23.3 Å². The Kier molecular flexibility index (Phi) is 5.67. The predicted octanol–water partition coefficient (Wildman–Crippen LogP) is 4.02. The highest BCUT2D eigenvalue weighted by molar-refractivity contribution is 7.98. The van der Waals surface area contributed by atoms with Gasteiger partial charge in [-0.2, -0.15) is 24.9 Å². The van der Waals surface area contributed by atoms with Gasteiger partial charge in [0, 0.05) is 12.6 Å².